The highest BCUT2D eigenvalue weighted by Crippen LogP contribution is 2.42. The molecule has 0 radical (unpaired) electrons. The van der Waals surface area contributed by atoms with Crippen LogP contribution < -0.4 is 4.90 Å². The highest BCUT2D eigenvalue weighted by Gasteiger charge is 2.45. The number of aromatic nitrogens is 1. The Bertz CT molecular complexity index is 1220. The van der Waals surface area contributed by atoms with Crippen molar-refractivity contribution in [2.45, 2.75) is 6.04 Å². The number of thiazole rings is 1. The fraction of sp³-hybridized carbons (Fsp3) is 0.0455. The molecule has 0 aliphatic carbocycles. The van der Waals surface area contributed by atoms with Gasteiger partial charge < -0.3 is 5.11 Å². The highest BCUT2D eigenvalue weighted by atomic mass is 32.1. The summed E-state index contributed by atoms with van der Waals surface area (Å²) < 4.78 is 0. The Hall–Kier alpha value is -4.11. The van der Waals surface area contributed by atoms with Crippen LogP contribution in [0.2, 0.25) is 0 Å². The Labute approximate surface area is 180 Å². The molecule has 31 heavy (non-hydrogen) atoms. The minimum Gasteiger partial charge on any atom is -0.503 e. The van der Waals surface area contributed by atoms with E-state index in [1.165, 1.54) is 35.4 Å². The molecule has 0 spiro atoms. The van der Waals surface area contributed by atoms with Gasteiger partial charge in [-0.2, -0.15) is 0 Å². The number of carbonyl (C=O) groups is 2. The van der Waals surface area contributed by atoms with Crippen molar-refractivity contribution in [3.05, 3.63) is 105 Å². The quantitative estimate of drug-likeness (QED) is 0.353. The molecule has 9 heteroatoms. The van der Waals surface area contributed by atoms with Crippen LogP contribution >= 0.6 is 11.3 Å². The van der Waals surface area contributed by atoms with Gasteiger partial charge in [-0.25, -0.2) is 4.98 Å². The molecule has 2 heterocycles. The maximum absolute atomic E-state index is 13.1. The smallest absolute Gasteiger partial charge is 0.296 e. The van der Waals surface area contributed by atoms with E-state index in [4.69, 9.17) is 0 Å². The Balaban J connectivity index is 1.80. The van der Waals surface area contributed by atoms with E-state index in [0.717, 1.165) is 16.9 Å². The number of nitrogens with zero attached hydrogens (tertiary/aromatic N) is 3. The number of nitro benzene ring substituents is 1. The van der Waals surface area contributed by atoms with Crippen LogP contribution in [-0.2, 0) is 9.59 Å². The van der Waals surface area contributed by atoms with Crippen LogP contribution in [-0.4, -0.2) is 26.7 Å². The van der Waals surface area contributed by atoms with E-state index < -0.39 is 28.4 Å². The zero-order chi connectivity index (χ0) is 22.0. The van der Waals surface area contributed by atoms with Crippen molar-refractivity contribution in [3.8, 4) is 0 Å². The molecule has 1 atom stereocenters. The molecule has 0 saturated carbocycles. The number of rotatable bonds is 6. The van der Waals surface area contributed by atoms with Gasteiger partial charge in [-0.05, 0) is 17.2 Å². The number of amides is 1. The molecule has 0 saturated heterocycles. The first kappa shape index (κ1) is 20.2. The predicted octanol–water partition coefficient (Wildman–Crippen LogP) is 4.23. The summed E-state index contributed by atoms with van der Waals surface area (Å²) in [5.41, 5.74) is 0.733. The molecular weight excluding hydrogens is 418 g/mol. The number of carbonyl (C=O) groups excluding carboxylic acids is 2. The van der Waals surface area contributed by atoms with Gasteiger partial charge in [0, 0.05) is 23.7 Å². The number of allylic oxidation sites excluding steroid dienone is 1. The number of non-ortho nitro benzene ring substituents is 1. The lowest BCUT2D eigenvalue weighted by atomic mass is 9.95. The average molecular weight is 433 g/mol. The van der Waals surface area contributed by atoms with Crippen LogP contribution in [0.15, 0.2) is 83.6 Å². The van der Waals surface area contributed by atoms with Gasteiger partial charge in [-0.3, -0.25) is 24.6 Å². The van der Waals surface area contributed by atoms with Crippen molar-refractivity contribution in [1.82, 2.24) is 4.98 Å². The molecule has 0 fully saturated rings. The van der Waals surface area contributed by atoms with E-state index in [-0.39, 0.29) is 16.4 Å². The molecular formula is C22H15N3O5S. The van der Waals surface area contributed by atoms with E-state index >= 15 is 0 Å². The molecule has 1 aliphatic heterocycles. The van der Waals surface area contributed by atoms with E-state index in [2.05, 4.69) is 4.98 Å². The molecule has 1 N–H and O–H groups in total. The normalized spacial score (nSPS) is 16.3. The summed E-state index contributed by atoms with van der Waals surface area (Å²) in [6.45, 7) is 0. The third kappa shape index (κ3) is 3.86. The summed E-state index contributed by atoms with van der Waals surface area (Å²) in [7, 11) is 0. The maximum Gasteiger partial charge on any atom is 0.296 e. The lowest BCUT2D eigenvalue weighted by Gasteiger charge is -2.24. The minimum absolute atomic E-state index is 0.159. The summed E-state index contributed by atoms with van der Waals surface area (Å²) in [6, 6.07) is 13.7. The minimum atomic E-state index is -1.05. The number of hydrogen-bond acceptors (Lipinski definition) is 7. The number of aliphatic hydroxyl groups is 1. The maximum atomic E-state index is 13.1. The Kier molecular flexibility index (Phi) is 5.42. The second-order valence-electron chi connectivity index (χ2n) is 6.62. The summed E-state index contributed by atoms with van der Waals surface area (Å²) in [6.07, 6.45) is 4.33. The third-order valence-corrected chi connectivity index (χ3v) is 5.49. The molecule has 1 unspecified atom stereocenters. The van der Waals surface area contributed by atoms with Crippen LogP contribution in [0.5, 0.6) is 0 Å². The van der Waals surface area contributed by atoms with E-state index in [1.807, 2.05) is 18.2 Å². The van der Waals surface area contributed by atoms with E-state index in [1.54, 1.807) is 29.7 Å². The topological polar surface area (TPSA) is 114 Å². The van der Waals surface area contributed by atoms with Gasteiger partial charge in [0.1, 0.15) is 0 Å². The van der Waals surface area contributed by atoms with Crippen LogP contribution in [0.4, 0.5) is 10.8 Å². The van der Waals surface area contributed by atoms with Crippen LogP contribution in [0.3, 0.4) is 0 Å². The number of aliphatic hydroxyl groups excluding tert-OH is 1. The molecule has 4 rings (SSSR count). The van der Waals surface area contributed by atoms with Crippen molar-refractivity contribution in [2.24, 2.45) is 0 Å². The Morgan fingerprint density at radius 2 is 1.97 bits per heavy atom. The lowest BCUT2D eigenvalue weighted by Crippen LogP contribution is -2.30. The zero-order valence-electron chi connectivity index (χ0n) is 15.9. The first-order chi connectivity index (χ1) is 15.0. The van der Waals surface area contributed by atoms with Gasteiger partial charge in [0.05, 0.1) is 16.5 Å². The zero-order valence-corrected chi connectivity index (χ0v) is 16.7. The number of anilines is 1. The van der Waals surface area contributed by atoms with E-state index in [9.17, 15) is 24.8 Å². The van der Waals surface area contributed by atoms with Crippen molar-refractivity contribution < 1.29 is 19.6 Å². The average Bonchev–Trinajstić information content (AvgIpc) is 3.40. The van der Waals surface area contributed by atoms with Crippen molar-refractivity contribution >= 4 is 39.9 Å². The first-order valence-electron chi connectivity index (χ1n) is 9.15. The summed E-state index contributed by atoms with van der Waals surface area (Å²) >= 11 is 1.15. The van der Waals surface area contributed by atoms with Crippen molar-refractivity contribution in [1.29, 1.82) is 0 Å². The number of nitro groups is 1. The fourth-order valence-corrected chi connectivity index (χ4v) is 4.01. The van der Waals surface area contributed by atoms with Crippen molar-refractivity contribution in [2.75, 3.05) is 4.90 Å². The first-order valence-corrected chi connectivity index (χ1v) is 10.0. The number of hydrogen-bond donors (Lipinski definition) is 1. The summed E-state index contributed by atoms with van der Waals surface area (Å²) in [5, 5.41) is 23.8. The molecule has 1 amide bonds. The van der Waals surface area contributed by atoms with Crippen LogP contribution in [0.1, 0.15) is 17.2 Å². The van der Waals surface area contributed by atoms with Gasteiger partial charge in [-0.1, -0.05) is 48.5 Å². The molecule has 154 valence electrons. The number of ketones is 1. The molecule has 3 aromatic rings. The van der Waals surface area contributed by atoms with Crippen molar-refractivity contribution in [3.63, 3.8) is 0 Å². The second kappa shape index (κ2) is 8.33. The molecule has 1 aliphatic rings. The van der Waals surface area contributed by atoms with Gasteiger partial charge in [0.15, 0.2) is 16.7 Å². The highest BCUT2D eigenvalue weighted by molar-refractivity contribution is 7.13. The SMILES string of the molecule is O=C(C=Cc1ccccc1)C1=C(O)C(=O)N(c2nccs2)C1c1cccc([N+](=O)[O-])c1. The molecule has 8 nitrogen and oxygen atoms in total. The monoisotopic (exact) mass is 433 g/mol. The Morgan fingerprint density at radius 1 is 1.19 bits per heavy atom. The second-order valence-corrected chi connectivity index (χ2v) is 7.49. The Morgan fingerprint density at radius 3 is 2.65 bits per heavy atom. The largest absolute Gasteiger partial charge is 0.503 e. The summed E-state index contributed by atoms with van der Waals surface area (Å²) in [4.78, 5) is 41.9. The third-order valence-electron chi connectivity index (χ3n) is 4.72. The predicted molar refractivity (Wildman–Crippen MR) is 116 cm³/mol. The van der Waals surface area contributed by atoms with E-state index in [0.29, 0.717) is 5.56 Å². The van der Waals surface area contributed by atoms with Crippen LogP contribution in [0, 0.1) is 10.1 Å². The number of benzene rings is 2. The molecule has 1 aromatic heterocycles. The lowest BCUT2D eigenvalue weighted by molar-refractivity contribution is -0.384. The summed E-state index contributed by atoms with van der Waals surface area (Å²) in [5.74, 6) is -2.07. The molecule has 0 bridgehead atoms. The molecule has 2 aromatic carbocycles. The van der Waals surface area contributed by atoms with Gasteiger partial charge in [0.25, 0.3) is 11.6 Å². The standard InChI is InChI=1S/C22H15N3O5S/c26-17(10-9-14-5-2-1-3-6-14)18-19(15-7-4-8-16(13-15)25(29)30)24(21(28)20(18)27)22-23-11-12-31-22/h1-13,19,27H. The van der Waals surface area contributed by atoms with Crippen LogP contribution in [0.25, 0.3) is 6.08 Å². The van der Waals surface area contributed by atoms with Gasteiger partial charge in [-0.15, -0.1) is 11.3 Å². The fourth-order valence-electron chi connectivity index (χ4n) is 3.34. The van der Waals surface area contributed by atoms with Gasteiger partial charge >= 0.3 is 0 Å². The van der Waals surface area contributed by atoms with Gasteiger partial charge in [0.2, 0.25) is 0 Å².